The van der Waals surface area contributed by atoms with Crippen LogP contribution in [-0.2, 0) is 6.42 Å². The molecule has 1 heterocycles. The quantitative estimate of drug-likeness (QED) is 0.781. The molecular formula is C16H14FN3O. The number of allylic oxidation sites excluding steroid dienone is 1. The second kappa shape index (κ2) is 5.28. The summed E-state index contributed by atoms with van der Waals surface area (Å²) in [5.41, 5.74) is 4.12. The molecule has 2 aromatic carbocycles. The van der Waals surface area contributed by atoms with Gasteiger partial charge in [0.05, 0.1) is 0 Å². The van der Waals surface area contributed by atoms with Crippen LogP contribution < -0.4 is 16.0 Å². The summed E-state index contributed by atoms with van der Waals surface area (Å²) in [7, 11) is 0. The molecule has 3 rings (SSSR count). The Hall–Kier alpha value is -2.82. The van der Waals surface area contributed by atoms with E-state index in [2.05, 4.69) is 22.5 Å². The average Bonchev–Trinajstić information content (AvgIpc) is 2.78. The highest BCUT2D eigenvalue weighted by atomic mass is 19.1. The molecule has 0 unspecified atom stereocenters. The van der Waals surface area contributed by atoms with E-state index in [0.717, 1.165) is 23.4 Å². The van der Waals surface area contributed by atoms with Gasteiger partial charge in [-0.2, -0.15) is 0 Å². The van der Waals surface area contributed by atoms with E-state index in [-0.39, 0.29) is 0 Å². The van der Waals surface area contributed by atoms with Crippen molar-refractivity contribution in [1.82, 2.24) is 0 Å². The molecule has 2 aromatic rings. The van der Waals surface area contributed by atoms with Gasteiger partial charge in [-0.15, -0.1) is 0 Å². The summed E-state index contributed by atoms with van der Waals surface area (Å²) in [6, 6.07) is 10.9. The lowest BCUT2D eigenvalue weighted by Gasteiger charge is -2.09. The highest BCUT2D eigenvalue weighted by Gasteiger charge is 2.14. The summed E-state index contributed by atoms with van der Waals surface area (Å²) >= 11 is 0. The van der Waals surface area contributed by atoms with E-state index >= 15 is 0 Å². The van der Waals surface area contributed by atoms with Crippen molar-refractivity contribution in [2.24, 2.45) is 0 Å². The molecule has 3 N–H and O–H groups in total. The highest BCUT2D eigenvalue weighted by Crippen LogP contribution is 2.29. The molecular weight excluding hydrogens is 269 g/mol. The normalized spacial score (nSPS) is 12.5. The minimum Gasteiger partial charge on any atom is -0.359 e. The molecule has 5 heteroatoms. The molecule has 1 aliphatic heterocycles. The topological polar surface area (TPSA) is 53.2 Å². The van der Waals surface area contributed by atoms with Crippen LogP contribution in [0.15, 0.2) is 54.7 Å². The number of hydrogen-bond acceptors (Lipinski definition) is 2. The van der Waals surface area contributed by atoms with E-state index in [1.807, 2.05) is 12.1 Å². The number of carbonyl (C=O) groups is 1. The molecule has 0 spiro atoms. The number of anilines is 3. The van der Waals surface area contributed by atoms with Gasteiger partial charge in [-0.05, 0) is 42.0 Å². The molecule has 106 valence electrons. The van der Waals surface area contributed by atoms with Crippen LogP contribution in [-0.4, -0.2) is 6.03 Å². The lowest BCUT2D eigenvalue weighted by Crippen LogP contribution is -2.19. The maximum atomic E-state index is 13.0. The van der Waals surface area contributed by atoms with Crippen molar-refractivity contribution in [3.05, 3.63) is 66.1 Å². The second-order valence-electron chi connectivity index (χ2n) is 4.87. The molecule has 0 atom stereocenters. The smallest absolute Gasteiger partial charge is 0.323 e. The van der Waals surface area contributed by atoms with Gasteiger partial charge in [0.15, 0.2) is 0 Å². The van der Waals surface area contributed by atoms with Crippen LogP contribution in [0, 0.1) is 5.82 Å². The van der Waals surface area contributed by atoms with E-state index in [1.165, 1.54) is 18.2 Å². The zero-order valence-corrected chi connectivity index (χ0v) is 11.2. The highest BCUT2D eigenvalue weighted by molar-refractivity contribution is 6.00. The van der Waals surface area contributed by atoms with E-state index in [0.29, 0.717) is 11.4 Å². The third kappa shape index (κ3) is 3.02. The summed E-state index contributed by atoms with van der Waals surface area (Å²) in [5.74, 6) is -0.394. The fourth-order valence-corrected chi connectivity index (χ4v) is 2.26. The lowest BCUT2D eigenvalue weighted by atomic mass is 10.1. The van der Waals surface area contributed by atoms with Gasteiger partial charge in [0.1, 0.15) is 5.82 Å². The van der Waals surface area contributed by atoms with Gasteiger partial charge in [-0.1, -0.05) is 12.6 Å². The minimum absolute atomic E-state index is 0.394. The zero-order valence-electron chi connectivity index (χ0n) is 11.2. The van der Waals surface area contributed by atoms with Crippen molar-refractivity contribution >= 4 is 23.1 Å². The van der Waals surface area contributed by atoms with Crippen molar-refractivity contribution in [2.45, 2.75) is 6.42 Å². The molecule has 0 aliphatic carbocycles. The Kier molecular flexibility index (Phi) is 3.31. The van der Waals surface area contributed by atoms with Crippen molar-refractivity contribution < 1.29 is 9.18 Å². The molecule has 0 aromatic heterocycles. The number of rotatable bonds is 2. The number of fused-ring (bicyclic) bond motifs is 1. The zero-order chi connectivity index (χ0) is 14.8. The van der Waals surface area contributed by atoms with E-state index in [1.54, 1.807) is 12.1 Å². The summed E-state index contributed by atoms with van der Waals surface area (Å²) in [6.45, 7) is 3.88. The fraction of sp³-hybridized carbons (Fsp3) is 0.0625. The van der Waals surface area contributed by atoms with Crippen molar-refractivity contribution in [3.8, 4) is 0 Å². The molecule has 0 radical (unpaired) electrons. The number of nitrogens with one attached hydrogen (secondary N) is 3. The number of amides is 2. The first-order chi connectivity index (χ1) is 10.1. The Morgan fingerprint density at radius 2 is 1.90 bits per heavy atom. The molecule has 0 bridgehead atoms. The molecule has 21 heavy (non-hydrogen) atoms. The monoisotopic (exact) mass is 283 g/mol. The number of carbonyl (C=O) groups excluding carboxylic acids is 1. The molecule has 2 amide bonds. The van der Waals surface area contributed by atoms with Gasteiger partial charge in [0.25, 0.3) is 0 Å². The van der Waals surface area contributed by atoms with Gasteiger partial charge in [0, 0.05) is 29.2 Å². The molecule has 4 nitrogen and oxygen atoms in total. The Morgan fingerprint density at radius 3 is 2.67 bits per heavy atom. The number of halogens is 1. The molecule has 1 aliphatic rings. The van der Waals surface area contributed by atoms with Crippen LogP contribution in [0.5, 0.6) is 0 Å². The van der Waals surface area contributed by atoms with Crippen LogP contribution >= 0.6 is 0 Å². The van der Waals surface area contributed by atoms with Crippen molar-refractivity contribution in [1.29, 1.82) is 0 Å². The second-order valence-corrected chi connectivity index (χ2v) is 4.87. The molecule has 0 fully saturated rings. The van der Waals surface area contributed by atoms with Gasteiger partial charge in [-0.25, -0.2) is 9.18 Å². The number of urea groups is 1. The van der Waals surface area contributed by atoms with Gasteiger partial charge >= 0.3 is 6.03 Å². The third-order valence-electron chi connectivity index (χ3n) is 3.16. The largest absolute Gasteiger partial charge is 0.359 e. The van der Waals surface area contributed by atoms with Crippen LogP contribution in [0.4, 0.5) is 26.2 Å². The van der Waals surface area contributed by atoms with Crippen molar-refractivity contribution in [2.75, 3.05) is 16.0 Å². The summed E-state index contributed by atoms with van der Waals surface area (Å²) in [5, 5.41) is 8.47. The number of benzene rings is 2. The molecule has 0 saturated carbocycles. The Bertz CT molecular complexity index is 727. The van der Waals surface area contributed by atoms with Crippen LogP contribution in [0.1, 0.15) is 5.56 Å². The maximum absolute atomic E-state index is 13.0. The SMILES string of the molecule is C=C1Cc2cc(NC(=O)Nc3cccc(F)c3)ccc2N1. The standard InChI is InChI=1S/C16H14FN3O/c1-10-7-11-8-14(5-6-15(11)18-10)20-16(21)19-13-4-2-3-12(17)9-13/h2-6,8-9,18H,1,7H2,(H2,19,20,21). The van der Waals surface area contributed by atoms with Gasteiger partial charge in [-0.3, -0.25) is 0 Å². The van der Waals surface area contributed by atoms with E-state index < -0.39 is 11.8 Å². The minimum atomic E-state index is -0.412. The Labute approximate surface area is 121 Å². The van der Waals surface area contributed by atoms with E-state index in [4.69, 9.17) is 0 Å². The first kappa shape index (κ1) is 13.2. The lowest BCUT2D eigenvalue weighted by molar-refractivity contribution is 0.262. The van der Waals surface area contributed by atoms with Gasteiger partial charge < -0.3 is 16.0 Å². The maximum Gasteiger partial charge on any atom is 0.323 e. The fourth-order valence-electron chi connectivity index (χ4n) is 2.26. The summed E-state index contributed by atoms with van der Waals surface area (Å²) in [6.07, 6.45) is 0.746. The molecule has 0 saturated heterocycles. The summed E-state index contributed by atoms with van der Waals surface area (Å²) < 4.78 is 13.0. The third-order valence-corrected chi connectivity index (χ3v) is 3.16. The van der Waals surface area contributed by atoms with E-state index in [9.17, 15) is 9.18 Å². The Morgan fingerprint density at radius 1 is 1.14 bits per heavy atom. The predicted octanol–water partition coefficient (Wildman–Crippen LogP) is 3.95. The Balaban J connectivity index is 1.68. The van der Waals surface area contributed by atoms with Crippen LogP contribution in [0.3, 0.4) is 0 Å². The summed E-state index contributed by atoms with van der Waals surface area (Å²) in [4.78, 5) is 11.9. The van der Waals surface area contributed by atoms with Gasteiger partial charge in [0.2, 0.25) is 0 Å². The number of hydrogen-bond donors (Lipinski definition) is 3. The average molecular weight is 283 g/mol. The first-order valence-electron chi connectivity index (χ1n) is 6.51. The van der Waals surface area contributed by atoms with Crippen molar-refractivity contribution in [3.63, 3.8) is 0 Å². The first-order valence-corrected chi connectivity index (χ1v) is 6.51. The van der Waals surface area contributed by atoms with Crippen LogP contribution in [0.2, 0.25) is 0 Å². The predicted molar refractivity (Wildman–Crippen MR) is 82.0 cm³/mol. The van der Waals surface area contributed by atoms with Crippen LogP contribution in [0.25, 0.3) is 0 Å².